The van der Waals surface area contributed by atoms with E-state index in [2.05, 4.69) is 31.0 Å². The Morgan fingerprint density at radius 1 is 1.50 bits per heavy atom. The molecule has 1 rings (SSSR count). The van der Waals surface area contributed by atoms with Gasteiger partial charge in [-0.2, -0.15) is 0 Å². The molecule has 3 unspecified atom stereocenters. The highest BCUT2D eigenvalue weighted by atomic mass is 16.5. The van der Waals surface area contributed by atoms with Crippen molar-refractivity contribution in [2.45, 2.75) is 45.4 Å². The number of nitrogens with one attached hydrogen (secondary N) is 1. The highest BCUT2D eigenvalue weighted by molar-refractivity contribution is 4.79. The van der Waals surface area contributed by atoms with Crippen molar-refractivity contribution in [1.29, 1.82) is 0 Å². The van der Waals surface area contributed by atoms with Crippen molar-refractivity contribution < 1.29 is 4.74 Å². The first kappa shape index (κ1) is 12.0. The molecule has 1 aliphatic heterocycles. The fourth-order valence-electron chi connectivity index (χ4n) is 1.93. The minimum Gasteiger partial charge on any atom is -0.376 e. The maximum atomic E-state index is 5.61. The van der Waals surface area contributed by atoms with Gasteiger partial charge in [0.05, 0.1) is 12.7 Å². The van der Waals surface area contributed by atoms with Gasteiger partial charge in [0.1, 0.15) is 0 Å². The van der Waals surface area contributed by atoms with Crippen LogP contribution in [0.5, 0.6) is 0 Å². The minimum atomic E-state index is 0.389. The molecule has 84 valence electrons. The lowest BCUT2D eigenvalue weighted by Crippen LogP contribution is -2.51. The zero-order valence-corrected chi connectivity index (χ0v) is 9.92. The zero-order chi connectivity index (χ0) is 10.6. The van der Waals surface area contributed by atoms with E-state index in [1.54, 1.807) is 0 Å². The van der Waals surface area contributed by atoms with E-state index in [0.717, 1.165) is 19.7 Å². The number of nitrogens with zero attached hydrogens (tertiary/aromatic N) is 1. The number of morpholine rings is 1. The topological polar surface area (TPSA) is 24.5 Å². The van der Waals surface area contributed by atoms with Gasteiger partial charge in [-0.25, -0.2) is 0 Å². The van der Waals surface area contributed by atoms with Crippen LogP contribution in [0.3, 0.4) is 0 Å². The predicted molar refractivity (Wildman–Crippen MR) is 59.6 cm³/mol. The van der Waals surface area contributed by atoms with Gasteiger partial charge in [0.25, 0.3) is 0 Å². The van der Waals surface area contributed by atoms with E-state index in [1.165, 1.54) is 6.42 Å². The van der Waals surface area contributed by atoms with E-state index >= 15 is 0 Å². The molecule has 0 amide bonds. The Balaban J connectivity index is 2.40. The van der Waals surface area contributed by atoms with E-state index < -0.39 is 0 Å². The lowest BCUT2D eigenvalue weighted by molar-refractivity contribution is -0.0519. The van der Waals surface area contributed by atoms with Crippen LogP contribution in [-0.4, -0.2) is 49.8 Å². The van der Waals surface area contributed by atoms with E-state index in [-0.39, 0.29) is 0 Å². The van der Waals surface area contributed by atoms with Crippen LogP contribution in [0.4, 0.5) is 0 Å². The summed E-state index contributed by atoms with van der Waals surface area (Å²) >= 11 is 0. The second-order valence-corrected chi connectivity index (χ2v) is 4.34. The Labute approximate surface area is 87.8 Å². The fourth-order valence-corrected chi connectivity index (χ4v) is 1.93. The molecule has 0 aromatic rings. The van der Waals surface area contributed by atoms with E-state index in [9.17, 15) is 0 Å². The third kappa shape index (κ3) is 3.23. The summed E-state index contributed by atoms with van der Waals surface area (Å²) in [6.07, 6.45) is 1.58. The summed E-state index contributed by atoms with van der Waals surface area (Å²) in [5, 5.41) is 3.35. The molecule has 0 radical (unpaired) electrons. The monoisotopic (exact) mass is 200 g/mol. The normalized spacial score (nSPS) is 31.7. The second-order valence-electron chi connectivity index (χ2n) is 4.34. The van der Waals surface area contributed by atoms with E-state index in [0.29, 0.717) is 18.2 Å². The molecule has 0 aliphatic carbocycles. The molecule has 0 saturated carbocycles. The maximum Gasteiger partial charge on any atom is 0.0674 e. The van der Waals surface area contributed by atoms with Crippen LogP contribution in [0.25, 0.3) is 0 Å². The highest BCUT2D eigenvalue weighted by Crippen LogP contribution is 2.12. The average Bonchev–Trinajstić information content (AvgIpc) is 2.19. The van der Waals surface area contributed by atoms with Gasteiger partial charge in [-0.05, 0) is 27.3 Å². The van der Waals surface area contributed by atoms with Gasteiger partial charge in [0.15, 0.2) is 0 Å². The number of hydrogen-bond donors (Lipinski definition) is 1. The van der Waals surface area contributed by atoms with Gasteiger partial charge in [-0.3, -0.25) is 4.90 Å². The van der Waals surface area contributed by atoms with Crippen molar-refractivity contribution in [3.8, 4) is 0 Å². The van der Waals surface area contributed by atoms with Crippen molar-refractivity contribution in [3.05, 3.63) is 0 Å². The van der Waals surface area contributed by atoms with Crippen molar-refractivity contribution in [2.75, 3.05) is 26.7 Å². The summed E-state index contributed by atoms with van der Waals surface area (Å²) in [6.45, 7) is 9.71. The number of hydrogen-bond acceptors (Lipinski definition) is 3. The Hall–Kier alpha value is -0.120. The highest BCUT2D eigenvalue weighted by Gasteiger charge is 2.24. The summed E-state index contributed by atoms with van der Waals surface area (Å²) in [5.41, 5.74) is 0. The quantitative estimate of drug-likeness (QED) is 0.735. The molecule has 0 spiro atoms. The fraction of sp³-hybridized carbons (Fsp3) is 1.00. The van der Waals surface area contributed by atoms with Crippen molar-refractivity contribution in [1.82, 2.24) is 10.2 Å². The molecule has 1 heterocycles. The molecular formula is C11H24N2O. The Kier molecular flexibility index (Phi) is 4.85. The number of rotatable bonds is 4. The van der Waals surface area contributed by atoms with Crippen LogP contribution in [0.15, 0.2) is 0 Å². The van der Waals surface area contributed by atoms with Gasteiger partial charge >= 0.3 is 0 Å². The molecule has 1 aliphatic rings. The van der Waals surface area contributed by atoms with Gasteiger partial charge in [0.2, 0.25) is 0 Å². The van der Waals surface area contributed by atoms with Crippen LogP contribution in [0.1, 0.15) is 27.2 Å². The SMILES string of the molecule is CCC(CN1CC(C)OCC1C)NC. The lowest BCUT2D eigenvalue weighted by Gasteiger charge is -2.38. The Morgan fingerprint density at radius 3 is 2.79 bits per heavy atom. The minimum absolute atomic E-state index is 0.389. The molecule has 3 atom stereocenters. The van der Waals surface area contributed by atoms with Crippen molar-refractivity contribution in [2.24, 2.45) is 0 Å². The van der Waals surface area contributed by atoms with E-state index in [1.807, 2.05) is 7.05 Å². The predicted octanol–water partition coefficient (Wildman–Crippen LogP) is 1.09. The van der Waals surface area contributed by atoms with Crippen LogP contribution in [-0.2, 0) is 4.74 Å². The third-order valence-corrected chi connectivity index (χ3v) is 3.09. The maximum absolute atomic E-state index is 5.61. The number of likely N-dealkylation sites (N-methyl/N-ethyl adjacent to an activating group) is 1. The average molecular weight is 200 g/mol. The van der Waals surface area contributed by atoms with Gasteiger partial charge < -0.3 is 10.1 Å². The van der Waals surface area contributed by atoms with Gasteiger partial charge in [-0.15, -0.1) is 0 Å². The zero-order valence-electron chi connectivity index (χ0n) is 9.92. The van der Waals surface area contributed by atoms with Crippen LogP contribution >= 0.6 is 0 Å². The van der Waals surface area contributed by atoms with E-state index in [4.69, 9.17) is 4.74 Å². The van der Waals surface area contributed by atoms with Crippen molar-refractivity contribution >= 4 is 0 Å². The van der Waals surface area contributed by atoms with Gasteiger partial charge in [0, 0.05) is 25.2 Å². The van der Waals surface area contributed by atoms with Crippen molar-refractivity contribution in [3.63, 3.8) is 0 Å². The molecule has 3 nitrogen and oxygen atoms in total. The standard InChI is InChI=1S/C11H24N2O/c1-5-11(12-4)7-13-6-10(3)14-8-9(13)2/h9-12H,5-8H2,1-4H3. The molecule has 14 heavy (non-hydrogen) atoms. The third-order valence-electron chi connectivity index (χ3n) is 3.09. The van der Waals surface area contributed by atoms with Crippen LogP contribution in [0.2, 0.25) is 0 Å². The largest absolute Gasteiger partial charge is 0.376 e. The summed E-state index contributed by atoms with van der Waals surface area (Å²) < 4.78 is 5.61. The molecule has 0 aromatic heterocycles. The van der Waals surface area contributed by atoms with Gasteiger partial charge in [-0.1, -0.05) is 6.92 Å². The molecule has 0 aromatic carbocycles. The second kappa shape index (κ2) is 5.69. The molecule has 3 heteroatoms. The first-order valence-corrected chi connectivity index (χ1v) is 5.70. The molecule has 1 fully saturated rings. The molecule has 1 N–H and O–H groups in total. The van der Waals surface area contributed by atoms with Crippen LogP contribution < -0.4 is 5.32 Å². The Bertz CT molecular complexity index is 159. The smallest absolute Gasteiger partial charge is 0.0674 e. The first-order valence-electron chi connectivity index (χ1n) is 5.70. The summed E-state index contributed by atoms with van der Waals surface area (Å²) in [7, 11) is 2.04. The molecule has 1 saturated heterocycles. The summed E-state index contributed by atoms with van der Waals surface area (Å²) in [6, 6.07) is 1.18. The lowest BCUT2D eigenvalue weighted by atomic mass is 10.1. The number of ether oxygens (including phenoxy) is 1. The first-order chi connectivity index (χ1) is 6.67. The molecule has 0 bridgehead atoms. The van der Waals surface area contributed by atoms with Crippen LogP contribution in [0, 0.1) is 0 Å². The summed E-state index contributed by atoms with van der Waals surface area (Å²) in [4.78, 5) is 2.53. The summed E-state index contributed by atoms with van der Waals surface area (Å²) in [5.74, 6) is 0. The Morgan fingerprint density at radius 2 is 2.21 bits per heavy atom. The molecular weight excluding hydrogens is 176 g/mol.